The average Bonchev–Trinajstić information content (AvgIpc) is 2.64. The van der Waals surface area contributed by atoms with Crippen LogP contribution in [0.3, 0.4) is 0 Å². The van der Waals surface area contributed by atoms with E-state index in [1.807, 2.05) is 34.6 Å². The van der Waals surface area contributed by atoms with Gasteiger partial charge in [-0.1, -0.05) is 6.92 Å². The molecule has 1 rings (SSSR count). The second-order valence-corrected chi connectivity index (χ2v) is 7.82. The van der Waals surface area contributed by atoms with Gasteiger partial charge in [-0.15, -0.1) is 24.1 Å². The van der Waals surface area contributed by atoms with Gasteiger partial charge in [0.25, 0.3) is 0 Å². The molecule has 5 heteroatoms. The highest BCUT2D eigenvalue weighted by Crippen LogP contribution is 2.40. The third-order valence-electron chi connectivity index (χ3n) is 3.56. The monoisotopic (exact) mass is 325 g/mol. The molecular weight excluding hydrogens is 298 g/mol. The molecule has 4 nitrogen and oxygen atoms in total. The number of hydrogen-bond acceptors (Lipinski definition) is 4. The van der Waals surface area contributed by atoms with Crippen LogP contribution in [0, 0.1) is 12.3 Å². The Morgan fingerprint density at radius 3 is 2.50 bits per heavy atom. The SMILES string of the molecule is C#CCC(C)(C)OCCC(C)(C)n1c(O)cc(SCC)c1O. The molecule has 0 saturated heterocycles. The smallest absolute Gasteiger partial charge is 0.208 e. The van der Waals surface area contributed by atoms with Crippen molar-refractivity contribution >= 4 is 11.8 Å². The van der Waals surface area contributed by atoms with Gasteiger partial charge in [0.15, 0.2) is 5.88 Å². The van der Waals surface area contributed by atoms with E-state index in [1.165, 1.54) is 11.8 Å². The van der Waals surface area contributed by atoms with Crippen molar-refractivity contribution in [2.45, 2.75) is 63.5 Å². The summed E-state index contributed by atoms with van der Waals surface area (Å²) in [6.45, 7) is 10.3. The standard InChI is InChI=1S/C17H27NO3S/c1-7-9-17(5,6)21-11-10-16(3,4)18-14(19)12-13(15(18)20)22-8-2/h1,12,19-20H,8-11H2,2-6H3. The highest BCUT2D eigenvalue weighted by Gasteiger charge is 2.29. The Bertz CT molecular complexity index is 541. The van der Waals surface area contributed by atoms with E-state index in [0.717, 1.165) is 5.75 Å². The number of terminal acetylenes is 1. The van der Waals surface area contributed by atoms with E-state index >= 15 is 0 Å². The number of thioether (sulfide) groups is 1. The van der Waals surface area contributed by atoms with E-state index in [1.54, 1.807) is 10.6 Å². The zero-order valence-electron chi connectivity index (χ0n) is 14.1. The molecule has 0 atom stereocenters. The maximum absolute atomic E-state index is 10.3. The molecule has 1 aromatic rings. The molecule has 0 amide bonds. The van der Waals surface area contributed by atoms with Gasteiger partial charge in [-0.05, 0) is 39.9 Å². The van der Waals surface area contributed by atoms with E-state index in [2.05, 4.69) is 5.92 Å². The third kappa shape index (κ3) is 4.62. The topological polar surface area (TPSA) is 54.6 Å². The fourth-order valence-corrected chi connectivity index (χ4v) is 3.03. The molecule has 0 bridgehead atoms. The zero-order chi connectivity index (χ0) is 17.0. The molecular formula is C17H27NO3S. The molecule has 0 fully saturated rings. The van der Waals surface area contributed by atoms with Crippen molar-refractivity contribution in [1.82, 2.24) is 4.57 Å². The summed E-state index contributed by atoms with van der Waals surface area (Å²) in [6, 6.07) is 1.61. The lowest BCUT2D eigenvalue weighted by Crippen LogP contribution is -2.31. The lowest BCUT2D eigenvalue weighted by Gasteiger charge is -2.30. The van der Waals surface area contributed by atoms with Gasteiger partial charge < -0.3 is 14.9 Å². The van der Waals surface area contributed by atoms with E-state index < -0.39 is 5.54 Å². The number of aromatic hydroxyl groups is 2. The van der Waals surface area contributed by atoms with E-state index in [0.29, 0.717) is 24.3 Å². The van der Waals surface area contributed by atoms with Gasteiger partial charge in [0.1, 0.15) is 0 Å². The van der Waals surface area contributed by atoms with Gasteiger partial charge in [0.2, 0.25) is 5.88 Å². The predicted octanol–water partition coefficient (Wildman–Crippen LogP) is 3.96. The fraction of sp³-hybridized carbons (Fsp3) is 0.647. The van der Waals surface area contributed by atoms with Crippen LogP contribution < -0.4 is 0 Å². The van der Waals surface area contributed by atoms with E-state index in [9.17, 15) is 10.2 Å². The number of rotatable bonds is 8. The molecule has 0 aliphatic heterocycles. The van der Waals surface area contributed by atoms with Crippen molar-refractivity contribution < 1.29 is 14.9 Å². The molecule has 0 radical (unpaired) electrons. The summed E-state index contributed by atoms with van der Waals surface area (Å²) in [7, 11) is 0. The van der Waals surface area contributed by atoms with Crippen molar-refractivity contribution in [3.05, 3.63) is 6.07 Å². The van der Waals surface area contributed by atoms with Crippen LogP contribution in [-0.4, -0.2) is 32.7 Å². The number of ether oxygens (including phenoxy) is 1. The van der Waals surface area contributed by atoms with Crippen molar-refractivity contribution in [3.8, 4) is 24.1 Å². The second-order valence-electron chi connectivity index (χ2n) is 6.51. The maximum Gasteiger partial charge on any atom is 0.208 e. The van der Waals surface area contributed by atoms with E-state index in [-0.39, 0.29) is 17.4 Å². The van der Waals surface area contributed by atoms with E-state index in [4.69, 9.17) is 11.2 Å². The Labute approximate surface area is 137 Å². The largest absolute Gasteiger partial charge is 0.494 e. The molecule has 0 spiro atoms. The van der Waals surface area contributed by atoms with Gasteiger partial charge in [0.05, 0.1) is 10.5 Å². The molecule has 1 aromatic heterocycles. The molecule has 0 unspecified atom stereocenters. The van der Waals surface area contributed by atoms with Gasteiger partial charge in [-0.3, -0.25) is 4.57 Å². The molecule has 0 aliphatic carbocycles. The van der Waals surface area contributed by atoms with Crippen molar-refractivity contribution in [1.29, 1.82) is 0 Å². The van der Waals surface area contributed by atoms with Gasteiger partial charge >= 0.3 is 0 Å². The quantitative estimate of drug-likeness (QED) is 0.561. The van der Waals surface area contributed by atoms with Crippen LogP contribution in [-0.2, 0) is 10.3 Å². The Morgan fingerprint density at radius 1 is 1.32 bits per heavy atom. The van der Waals surface area contributed by atoms with Gasteiger partial charge in [0, 0.05) is 24.6 Å². The summed E-state index contributed by atoms with van der Waals surface area (Å²) in [4.78, 5) is 0.696. The first-order valence-corrected chi connectivity index (χ1v) is 8.47. The van der Waals surface area contributed by atoms with Crippen LogP contribution in [0.25, 0.3) is 0 Å². The average molecular weight is 325 g/mol. The third-order valence-corrected chi connectivity index (χ3v) is 4.46. The van der Waals surface area contributed by atoms with Crippen LogP contribution in [0.1, 0.15) is 47.5 Å². The minimum absolute atomic E-state index is 0.0707. The van der Waals surface area contributed by atoms with Crippen molar-refractivity contribution in [2.75, 3.05) is 12.4 Å². The molecule has 0 saturated carbocycles. The zero-order valence-corrected chi connectivity index (χ0v) is 15.0. The number of hydrogen-bond donors (Lipinski definition) is 2. The molecule has 1 heterocycles. The molecule has 2 N–H and O–H groups in total. The van der Waals surface area contributed by atoms with Crippen LogP contribution in [0.2, 0.25) is 0 Å². The summed E-state index contributed by atoms with van der Waals surface area (Å²) >= 11 is 1.50. The molecule has 0 aliphatic rings. The first kappa shape index (κ1) is 18.8. The second kappa shape index (κ2) is 7.34. The Hall–Kier alpha value is -1.25. The molecule has 124 valence electrons. The molecule has 0 aromatic carbocycles. The van der Waals surface area contributed by atoms with Crippen LogP contribution >= 0.6 is 11.8 Å². The van der Waals surface area contributed by atoms with Gasteiger partial charge in [-0.25, -0.2) is 0 Å². The summed E-state index contributed by atoms with van der Waals surface area (Å²) in [5, 5.41) is 20.5. The number of nitrogens with zero attached hydrogens (tertiary/aromatic N) is 1. The lowest BCUT2D eigenvalue weighted by atomic mass is 10.00. The maximum atomic E-state index is 10.3. The van der Waals surface area contributed by atoms with Gasteiger partial charge in [-0.2, -0.15) is 0 Å². The van der Waals surface area contributed by atoms with Crippen LogP contribution in [0.5, 0.6) is 11.8 Å². The minimum atomic E-state index is -0.465. The summed E-state index contributed by atoms with van der Waals surface area (Å²) in [5.41, 5.74) is -0.832. The summed E-state index contributed by atoms with van der Waals surface area (Å²) in [6.07, 6.45) is 6.52. The predicted molar refractivity (Wildman–Crippen MR) is 91.6 cm³/mol. The Morgan fingerprint density at radius 2 is 1.95 bits per heavy atom. The summed E-state index contributed by atoms with van der Waals surface area (Å²) in [5.74, 6) is 3.62. The highest BCUT2D eigenvalue weighted by atomic mass is 32.2. The van der Waals surface area contributed by atoms with Crippen molar-refractivity contribution in [3.63, 3.8) is 0 Å². The Balaban J connectivity index is 2.81. The first-order valence-electron chi connectivity index (χ1n) is 7.49. The molecule has 22 heavy (non-hydrogen) atoms. The lowest BCUT2D eigenvalue weighted by molar-refractivity contribution is -0.0247. The van der Waals surface area contributed by atoms with Crippen LogP contribution in [0.15, 0.2) is 11.0 Å². The van der Waals surface area contributed by atoms with Crippen molar-refractivity contribution in [2.24, 2.45) is 0 Å². The minimum Gasteiger partial charge on any atom is -0.494 e. The fourth-order valence-electron chi connectivity index (χ4n) is 2.31. The normalized spacial score (nSPS) is 12.4. The Kier molecular flexibility index (Phi) is 6.27. The summed E-state index contributed by atoms with van der Waals surface area (Å²) < 4.78 is 7.40. The number of aromatic nitrogens is 1. The highest BCUT2D eigenvalue weighted by molar-refractivity contribution is 7.99. The van der Waals surface area contributed by atoms with Crippen LogP contribution in [0.4, 0.5) is 0 Å². The first-order chi connectivity index (χ1) is 10.1.